The molecule has 1 amide bonds. The Balaban J connectivity index is 1.51. The van der Waals surface area contributed by atoms with E-state index >= 15 is 0 Å². The van der Waals surface area contributed by atoms with E-state index in [0.29, 0.717) is 18.0 Å². The van der Waals surface area contributed by atoms with Gasteiger partial charge in [0.15, 0.2) is 0 Å². The number of benzene rings is 2. The first kappa shape index (κ1) is 15.8. The molecule has 0 unspecified atom stereocenters. The number of para-hydroxylation sites is 1. The van der Waals surface area contributed by atoms with Gasteiger partial charge in [0, 0.05) is 11.8 Å². The van der Waals surface area contributed by atoms with Crippen LogP contribution < -0.4 is 15.4 Å². The van der Waals surface area contributed by atoms with Gasteiger partial charge in [-0.1, -0.05) is 24.3 Å². The summed E-state index contributed by atoms with van der Waals surface area (Å²) in [6.07, 6.45) is 1.61. The monoisotopic (exact) mass is 322 g/mol. The summed E-state index contributed by atoms with van der Waals surface area (Å²) in [5, 5.41) is 5.86. The van der Waals surface area contributed by atoms with Crippen LogP contribution >= 0.6 is 0 Å². The molecule has 0 radical (unpaired) electrons. The van der Waals surface area contributed by atoms with Crippen LogP contribution in [0.1, 0.15) is 5.76 Å². The van der Waals surface area contributed by atoms with Crippen LogP contribution in [0.3, 0.4) is 0 Å². The third-order valence-electron chi connectivity index (χ3n) is 3.26. The first-order chi connectivity index (χ1) is 11.8. The van der Waals surface area contributed by atoms with Crippen LogP contribution in [0.4, 0.5) is 5.69 Å². The number of rotatable bonds is 7. The van der Waals surface area contributed by atoms with Crippen molar-refractivity contribution in [3.63, 3.8) is 0 Å². The van der Waals surface area contributed by atoms with Crippen molar-refractivity contribution in [2.45, 2.75) is 6.54 Å². The molecule has 1 aromatic heterocycles. The van der Waals surface area contributed by atoms with Crippen LogP contribution in [-0.2, 0) is 11.3 Å². The summed E-state index contributed by atoms with van der Waals surface area (Å²) in [5.74, 6) is 2.09. The lowest BCUT2D eigenvalue weighted by molar-refractivity contribution is -0.115. The van der Waals surface area contributed by atoms with Gasteiger partial charge in [0.05, 0.1) is 19.4 Å². The molecule has 0 aliphatic carbocycles. The van der Waals surface area contributed by atoms with Gasteiger partial charge >= 0.3 is 0 Å². The number of carbonyl (C=O) groups is 1. The van der Waals surface area contributed by atoms with Crippen LogP contribution in [-0.4, -0.2) is 12.5 Å². The summed E-state index contributed by atoms with van der Waals surface area (Å²) >= 11 is 0. The number of furan rings is 1. The van der Waals surface area contributed by atoms with Gasteiger partial charge in [-0.05, 0) is 36.4 Å². The second kappa shape index (κ2) is 7.99. The SMILES string of the molecule is O=C(CNCc1ccco1)Nc1cccc(Oc2ccccc2)c1. The Hall–Kier alpha value is -3.05. The highest BCUT2D eigenvalue weighted by Crippen LogP contribution is 2.23. The predicted octanol–water partition coefficient (Wildman–Crippen LogP) is 3.80. The van der Waals surface area contributed by atoms with Crippen molar-refractivity contribution in [3.05, 3.63) is 78.8 Å². The molecule has 24 heavy (non-hydrogen) atoms. The lowest BCUT2D eigenvalue weighted by atomic mass is 10.3. The van der Waals surface area contributed by atoms with Crippen molar-refractivity contribution in [1.29, 1.82) is 0 Å². The normalized spacial score (nSPS) is 10.3. The van der Waals surface area contributed by atoms with Crippen LogP contribution in [0, 0.1) is 0 Å². The van der Waals surface area contributed by atoms with E-state index in [1.165, 1.54) is 0 Å². The molecule has 0 fully saturated rings. The highest BCUT2D eigenvalue weighted by Gasteiger charge is 2.04. The Morgan fingerprint density at radius 2 is 1.79 bits per heavy atom. The minimum atomic E-state index is -0.126. The number of hydrogen-bond acceptors (Lipinski definition) is 4. The third-order valence-corrected chi connectivity index (χ3v) is 3.26. The molecular weight excluding hydrogens is 304 g/mol. The van der Waals surface area contributed by atoms with Crippen molar-refractivity contribution in [1.82, 2.24) is 5.32 Å². The molecule has 122 valence electrons. The number of nitrogens with one attached hydrogen (secondary N) is 2. The maximum Gasteiger partial charge on any atom is 0.238 e. The van der Waals surface area contributed by atoms with Crippen LogP contribution in [0.25, 0.3) is 0 Å². The van der Waals surface area contributed by atoms with Crippen LogP contribution in [0.2, 0.25) is 0 Å². The molecule has 1 heterocycles. The zero-order valence-electron chi connectivity index (χ0n) is 13.1. The Morgan fingerprint density at radius 3 is 2.58 bits per heavy atom. The lowest BCUT2D eigenvalue weighted by Crippen LogP contribution is -2.27. The topological polar surface area (TPSA) is 63.5 Å². The summed E-state index contributed by atoms with van der Waals surface area (Å²) in [4.78, 5) is 12.0. The fourth-order valence-corrected chi connectivity index (χ4v) is 2.18. The second-order valence-electron chi connectivity index (χ2n) is 5.17. The largest absolute Gasteiger partial charge is 0.468 e. The molecule has 0 aliphatic heterocycles. The van der Waals surface area contributed by atoms with Crippen LogP contribution in [0.15, 0.2) is 77.4 Å². The van der Waals surface area contributed by atoms with Crippen molar-refractivity contribution in [3.8, 4) is 11.5 Å². The van der Waals surface area contributed by atoms with E-state index in [2.05, 4.69) is 10.6 Å². The molecule has 0 saturated carbocycles. The first-order valence-corrected chi connectivity index (χ1v) is 7.65. The molecule has 3 rings (SSSR count). The summed E-state index contributed by atoms with van der Waals surface area (Å²) in [6.45, 7) is 0.710. The van der Waals surface area contributed by atoms with Crippen molar-refractivity contribution < 1.29 is 13.9 Å². The summed E-state index contributed by atoms with van der Waals surface area (Å²) in [5.41, 5.74) is 0.688. The molecule has 0 atom stereocenters. The average Bonchev–Trinajstić information content (AvgIpc) is 3.09. The predicted molar refractivity (Wildman–Crippen MR) is 92.0 cm³/mol. The molecule has 5 nitrogen and oxygen atoms in total. The average molecular weight is 322 g/mol. The third kappa shape index (κ3) is 4.72. The Labute approximate surface area is 140 Å². The van der Waals surface area contributed by atoms with E-state index in [1.807, 2.05) is 60.7 Å². The molecular formula is C19H18N2O3. The molecule has 0 aliphatic rings. The number of carbonyl (C=O) groups excluding carboxylic acids is 1. The van der Waals surface area contributed by atoms with Crippen molar-refractivity contribution >= 4 is 11.6 Å². The maximum absolute atomic E-state index is 12.0. The zero-order chi connectivity index (χ0) is 16.6. The van der Waals surface area contributed by atoms with Gasteiger partial charge in [-0.15, -0.1) is 0 Å². The van der Waals surface area contributed by atoms with E-state index in [9.17, 15) is 4.79 Å². The molecule has 0 saturated heterocycles. The highest BCUT2D eigenvalue weighted by atomic mass is 16.5. The Morgan fingerprint density at radius 1 is 0.958 bits per heavy atom. The lowest BCUT2D eigenvalue weighted by Gasteiger charge is -2.09. The van der Waals surface area contributed by atoms with E-state index < -0.39 is 0 Å². The second-order valence-corrected chi connectivity index (χ2v) is 5.17. The van der Waals surface area contributed by atoms with Gasteiger partial charge in [0.2, 0.25) is 5.91 Å². The van der Waals surface area contributed by atoms with E-state index in [1.54, 1.807) is 12.3 Å². The molecule has 2 N–H and O–H groups in total. The van der Waals surface area contributed by atoms with E-state index in [-0.39, 0.29) is 12.5 Å². The number of hydrogen-bond donors (Lipinski definition) is 2. The fourth-order valence-electron chi connectivity index (χ4n) is 2.18. The Kier molecular flexibility index (Phi) is 5.27. The number of amides is 1. The van der Waals surface area contributed by atoms with E-state index in [0.717, 1.165) is 11.5 Å². The minimum Gasteiger partial charge on any atom is -0.468 e. The van der Waals surface area contributed by atoms with Gasteiger partial charge < -0.3 is 19.8 Å². The van der Waals surface area contributed by atoms with Gasteiger partial charge in [-0.3, -0.25) is 4.79 Å². The molecule has 3 aromatic rings. The van der Waals surface area contributed by atoms with Crippen LogP contribution in [0.5, 0.6) is 11.5 Å². The highest BCUT2D eigenvalue weighted by molar-refractivity contribution is 5.92. The van der Waals surface area contributed by atoms with Crippen molar-refractivity contribution in [2.24, 2.45) is 0 Å². The fraction of sp³-hybridized carbons (Fsp3) is 0.105. The molecule has 0 bridgehead atoms. The standard InChI is InChI=1S/C19H18N2O3/c22-19(14-20-13-18-10-5-11-23-18)21-15-6-4-9-17(12-15)24-16-7-2-1-3-8-16/h1-12,20H,13-14H2,(H,21,22). The van der Waals surface area contributed by atoms with E-state index in [4.69, 9.17) is 9.15 Å². The molecule has 5 heteroatoms. The minimum absolute atomic E-state index is 0.126. The van der Waals surface area contributed by atoms with Gasteiger partial charge in [-0.2, -0.15) is 0 Å². The molecule has 0 spiro atoms. The summed E-state index contributed by atoms with van der Waals surface area (Å²) < 4.78 is 10.9. The number of anilines is 1. The maximum atomic E-state index is 12.0. The van der Waals surface area contributed by atoms with Crippen molar-refractivity contribution in [2.75, 3.05) is 11.9 Å². The quantitative estimate of drug-likeness (QED) is 0.694. The zero-order valence-corrected chi connectivity index (χ0v) is 13.1. The number of ether oxygens (including phenoxy) is 1. The van der Waals surface area contributed by atoms with Gasteiger partial charge in [0.1, 0.15) is 17.3 Å². The summed E-state index contributed by atoms with van der Waals surface area (Å²) in [7, 11) is 0. The summed E-state index contributed by atoms with van der Waals surface area (Å²) in [6, 6.07) is 20.5. The first-order valence-electron chi connectivity index (χ1n) is 7.65. The van der Waals surface area contributed by atoms with Gasteiger partial charge in [0.25, 0.3) is 0 Å². The molecule has 2 aromatic carbocycles. The Bertz CT molecular complexity index is 770. The smallest absolute Gasteiger partial charge is 0.238 e. The van der Waals surface area contributed by atoms with Gasteiger partial charge in [-0.25, -0.2) is 0 Å².